The van der Waals surface area contributed by atoms with Gasteiger partial charge in [-0.2, -0.15) is 0 Å². The van der Waals surface area contributed by atoms with Crippen molar-refractivity contribution in [2.75, 3.05) is 18.9 Å². The summed E-state index contributed by atoms with van der Waals surface area (Å²) in [6.45, 7) is 3.47. The molecule has 1 aliphatic rings. The van der Waals surface area contributed by atoms with Crippen LogP contribution in [-0.2, 0) is 14.8 Å². The Hall–Kier alpha value is -0.170. The first-order valence-corrected chi connectivity index (χ1v) is 7.08. The Morgan fingerprint density at radius 2 is 2.13 bits per heavy atom. The standard InChI is InChI=1S/C9H20N2O3S/c1-2-14-9-6-8(7-9)11-4-3-5-15(10,12)13/h8-9,11H,2-7H2,1H3,(H2,10,12,13). The second kappa shape index (κ2) is 5.79. The van der Waals surface area contributed by atoms with Gasteiger partial charge in [-0.05, 0) is 32.7 Å². The molecule has 1 rings (SSSR count). The zero-order valence-electron chi connectivity index (χ0n) is 9.11. The summed E-state index contributed by atoms with van der Waals surface area (Å²) in [4.78, 5) is 0. The molecule has 0 radical (unpaired) electrons. The van der Waals surface area contributed by atoms with Crippen molar-refractivity contribution in [3.8, 4) is 0 Å². The summed E-state index contributed by atoms with van der Waals surface area (Å²) < 4.78 is 26.7. The molecule has 0 aromatic carbocycles. The Morgan fingerprint density at radius 3 is 2.67 bits per heavy atom. The lowest BCUT2D eigenvalue weighted by molar-refractivity contribution is -0.00965. The van der Waals surface area contributed by atoms with E-state index in [1.807, 2.05) is 6.92 Å². The SMILES string of the molecule is CCOC1CC(NCCCS(N)(=O)=O)C1. The lowest BCUT2D eigenvalue weighted by Gasteiger charge is -2.35. The average Bonchev–Trinajstić information content (AvgIpc) is 2.05. The highest BCUT2D eigenvalue weighted by Crippen LogP contribution is 2.22. The molecule has 0 spiro atoms. The van der Waals surface area contributed by atoms with Crippen LogP contribution >= 0.6 is 0 Å². The van der Waals surface area contributed by atoms with Gasteiger partial charge in [0.15, 0.2) is 0 Å². The van der Waals surface area contributed by atoms with E-state index in [0.29, 0.717) is 25.1 Å². The highest BCUT2D eigenvalue weighted by molar-refractivity contribution is 7.89. The molecule has 5 nitrogen and oxygen atoms in total. The molecule has 1 fully saturated rings. The van der Waals surface area contributed by atoms with E-state index in [0.717, 1.165) is 19.4 Å². The van der Waals surface area contributed by atoms with E-state index in [4.69, 9.17) is 9.88 Å². The predicted octanol–water partition coefficient (Wildman–Crippen LogP) is -0.178. The molecular weight excluding hydrogens is 216 g/mol. The number of hydrogen-bond acceptors (Lipinski definition) is 4. The first kappa shape index (κ1) is 12.9. The van der Waals surface area contributed by atoms with Gasteiger partial charge in [-0.1, -0.05) is 0 Å². The van der Waals surface area contributed by atoms with E-state index >= 15 is 0 Å². The number of rotatable bonds is 7. The molecule has 0 aromatic heterocycles. The zero-order chi connectivity index (χ0) is 11.3. The molecule has 6 heteroatoms. The summed E-state index contributed by atoms with van der Waals surface area (Å²) in [5.74, 6) is 0.0572. The van der Waals surface area contributed by atoms with Crippen LogP contribution in [-0.4, -0.2) is 39.5 Å². The van der Waals surface area contributed by atoms with Gasteiger partial charge in [0.1, 0.15) is 0 Å². The Labute approximate surface area is 91.4 Å². The monoisotopic (exact) mass is 236 g/mol. The number of nitrogens with two attached hydrogens (primary N) is 1. The van der Waals surface area contributed by atoms with Crippen molar-refractivity contribution in [1.82, 2.24) is 5.32 Å². The minimum absolute atomic E-state index is 0.0572. The van der Waals surface area contributed by atoms with Gasteiger partial charge in [-0.25, -0.2) is 13.6 Å². The fourth-order valence-electron chi connectivity index (χ4n) is 1.68. The first-order valence-electron chi connectivity index (χ1n) is 5.36. The molecule has 3 N–H and O–H groups in total. The molecule has 0 amide bonds. The van der Waals surface area contributed by atoms with Gasteiger partial charge >= 0.3 is 0 Å². The summed E-state index contributed by atoms with van der Waals surface area (Å²) in [5, 5.41) is 8.16. The van der Waals surface area contributed by atoms with E-state index in [1.54, 1.807) is 0 Å². The van der Waals surface area contributed by atoms with Crippen molar-refractivity contribution in [2.45, 2.75) is 38.3 Å². The minimum atomic E-state index is -3.29. The quantitative estimate of drug-likeness (QED) is 0.601. The molecule has 1 saturated carbocycles. The van der Waals surface area contributed by atoms with E-state index < -0.39 is 10.0 Å². The van der Waals surface area contributed by atoms with Crippen LogP contribution in [0, 0.1) is 0 Å². The molecule has 0 aliphatic heterocycles. The third-order valence-electron chi connectivity index (χ3n) is 2.54. The van der Waals surface area contributed by atoms with Gasteiger partial charge in [0.2, 0.25) is 10.0 Å². The largest absolute Gasteiger partial charge is 0.378 e. The lowest BCUT2D eigenvalue weighted by atomic mass is 9.89. The molecule has 90 valence electrons. The van der Waals surface area contributed by atoms with Crippen LogP contribution in [0.5, 0.6) is 0 Å². The van der Waals surface area contributed by atoms with E-state index in [9.17, 15) is 8.42 Å². The molecule has 0 saturated heterocycles. The van der Waals surface area contributed by atoms with Crippen molar-refractivity contribution in [2.24, 2.45) is 5.14 Å². The maximum Gasteiger partial charge on any atom is 0.209 e. The summed E-state index contributed by atoms with van der Waals surface area (Å²) in [5.41, 5.74) is 0. The predicted molar refractivity (Wildman–Crippen MR) is 59.0 cm³/mol. The van der Waals surface area contributed by atoms with Crippen LogP contribution in [0.4, 0.5) is 0 Å². The summed E-state index contributed by atoms with van der Waals surface area (Å²) in [7, 11) is -3.29. The normalized spacial score (nSPS) is 26.3. The van der Waals surface area contributed by atoms with Crippen molar-refractivity contribution >= 4 is 10.0 Å². The number of ether oxygens (including phenoxy) is 1. The van der Waals surface area contributed by atoms with Crippen LogP contribution < -0.4 is 10.5 Å². The summed E-state index contributed by atoms with van der Waals surface area (Å²) >= 11 is 0. The molecule has 0 unspecified atom stereocenters. The van der Waals surface area contributed by atoms with Crippen LogP contribution in [0.3, 0.4) is 0 Å². The summed E-state index contributed by atoms with van der Waals surface area (Å²) in [6.07, 6.45) is 3.03. The van der Waals surface area contributed by atoms with E-state index in [1.165, 1.54) is 0 Å². The van der Waals surface area contributed by atoms with Gasteiger partial charge in [-0.15, -0.1) is 0 Å². The average molecular weight is 236 g/mol. The van der Waals surface area contributed by atoms with E-state index in [2.05, 4.69) is 5.32 Å². The fraction of sp³-hybridized carbons (Fsp3) is 1.00. The molecule has 0 bridgehead atoms. The molecule has 0 heterocycles. The minimum Gasteiger partial charge on any atom is -0.378 e. The molecular formula is C9H20N2O3S. The van der Waals surface area contributed by atoms with Crippen LogP contribution in [0.25, 0.3) is 0 Å². The second-order valence-corrected chi connectivity index (χ2v) is 5.65. The maximum atomic E-state index is 10.6. The lowest BCUT2D eigenvalue weighted by Crippen LogP contribution is -2.46. The van der Waals surface area contributed by atoms with E-state index in [-0.39, 0.29) is 5.75 Å². The van der Waals surface area contributed by atoms with Crippen LogP contribution in [0.15, 0.2) is 0 Å². The van der Waals surface area contributed by atoms with Gasteiger partial charge in [0, 0.05) is 12.6 Å². The Balaban J connectivity index is 1.95. The van der Waals surface area contributed by atoms with Crippen molar-refractivity contribution in [3.05, 3.63) is 0 Å². The second-order valence-electron chi connectivity index (χ2n) is 3.92. The van der Waals surface area contributed by atoms with Gasteiger partial charge in [-0.3, -0.25) is 0 Å². The van der Waals surface area contributed by atoms with Gasteiger partial charge in [0.05, 0.1) is 11.9 Å². The van der Waals surface area contributed by atoms with Gasteiger partial charge < -0.3 is 10.1 Å². The number of primary sulfonamides is 1. The van der Waals surface area contributed by atoms with Crippen molar-refractivity contribution < 1.29 is 13.2 Å². The maximum absolute atomic E-state index is 10.6. The zero-order valence-corrected chi connectivity index (χ0v) is 9.92. The Kier molecular flexibility index (Phi) is 4.98. The number of nitrogens with one attached hydrogen (secondary N) is 1. The Morgan fingerprint density at radius 1 is 1.47 bits per heavy atom. The Bertz CT molecular complexity index is 273. The third-order valence-corrected chi connectivity index (χ3v) is 3.39. The molecule has 15 heavy (non-hydrogen) atoms. The highest BCUT2D eigenvalue weighted by Gasteiger charge is 2.28. The molecule has 0 aromatic rings. The summed E-state index contributed by atoms with van der Waals surface area (Å²) in [6, 6.07) is 0.488. The van der Waals surface area contributed by atoms with Crippen molar-refractivity contribution in [3.63, 3.8) is 0 Å². The fourth-order valence-corrected chi connectivity index (χ4v) is 2.23. The number of sulfonamides is 1. The smallest absolute Gasteiger partial charge is 0.209 e. The third kappa shape index (κ3) is 5.46. The van der Waals surface area contributed by atoms with Crippen LogP contribution in [0.2, 0.25) is 0 Å². The molecule has 0 atom stereocenters. The molecule has 1 aliphatic carbocycles. The highest BCUT2D eigenvalue weighted by atomic mass is 32.2. The van der Waals surface area contributed by atoms with Crippen LogP contribution in [0.1, 0.15) is 26.2 Å². The number of hydrogen-bond donors (Lipinski definition) is 2. The first-order chi connectivity index (χ1) is 7.01. The topological polar surface area (TPSA) is 81.4 Å². The van der Waals surface area contributed by atoms with Gasteiger partial charge in [0.25, 0.3) is 0 Å². The van der Waals surface area contributed by atoms with Crippen molar-refractivity contribution in [1.29, 1.82) is 0 Å².